The van der Waals surface area contributed by atoms with E-state index in [1.54, 1.807) is 27.3 Å². The molecule has 0 saturated carbocycles. The highest BCUT2D eigenvalue weighted by molar-refractivity contribution is 7.58. The Hall–Kier alpha value is -2.11. The minimum absolute atomic E-state index is 0.0825. The van der Waals surface area contributed by atoms with Crippen LogP contribution < -0.4 is 0 Å². The summed E-state index contributed by atoms with van der Waals surface area (Å²) in [5.41, 5.74) is 11.2. The lowest BCUT2D eigenvalue weighted by Gasteiger charge is -2.23. The smallest absolute Gasteiger partial charge is 0.0157 e. The van der Waals surface area contributed by atoms with Crippen molar-refractivity contribution in [3.05, 3.63) is 86.5 Å². The lowest BCUT2D eigenvalue weighted by molar-refractivity contribution is 0.649. The molecule has 0 radical (unpaired) electrons. The predicted octanol–water partition coefficient (Wildman–Crippen LogP) is 8.83. The van der Waals surface area contributed by atoms with E-state index in [1.807, 2.05) is 6.92 Å². The van der Waals surface area contributed by atoms with Crippen LogP contribution in [0.2, 0.25) is 0 Å². The number of nitrogens with one attached hydrogen (secondary N) is 1. The fourth-order valence-electron chi connectivity index (χ4n) is 5.91. The maximum absolute atomic E-state index is 7.82. The third-order valence-corrected chi connectivity index (χ3v) is 10.1. The third kappa shape index (κ3) is 4.01. The maximum Gasteiger partial charge on any atom is 0.0157 e. The van der Waals surface area contributed by atoms with Crippen molar-refractivity contribution < 1.29 is 0 Å². The molecule has 4 aliphatic rings. The molecule has 0 bridgehead atoms. The van der Waals surface area contributed by atoms with E-state index in [1.165, 1.54) is 34.9 Å². The molecule has 1 aromatic rings. The van der Waals surface area contributed by atoms with Gasteiger partial charge in [-0.15, -0.1) is 7.53 Å². The highest BCUT2D eigenvalue weighted by atomic mass is 31.1. The highest BCUT2D eigenvalue weighted by Gasteiger charge is 2.31. The average Bonchev–Trinajstić information content (AvgIpc) is 3.52. The standard InChI is InChI=1S/C30H36NP/c1-18-6-9-25-16-26(30-21(4)29-17-32(29)22(30)5)12-19(2)14-28(25)27(13-18)24-10-7-23(8-11-24)15-20(3)31/h7-8,10,12-14,16,18-19,24,31H,6,9,11,15,17H2,1-5H3. The molecule has 0 saturated heterocycles. The van der Waals surface area contributed by atoms with Gasteiger partial charge in [-0.3, -0.25) is 0 Å². The Morgan fingerprint density at radius 2 is 1.97 bits per heavy atom. The Morgan fingerprint density at radius 3 is 2.62 bits per heavy atom. The number of rotatable bonds is 4. The summed E-state index contributed by atoms with van der Waals surface area (Å²) in [5.74, 6) is 1.49. The van der Waals surface area contributed by atoms with Gasteiger partial charge in [-0.2, -0.15) is 0 Å². The van der Waals surface area contributed by atoms with Gasteiger partial charge >= 0.3 is 0 Å². The number of fused-ring (bicyclic) bond motifs is 2. The predicted molar refractivity (Wildman–Crippen MR) is 141 cm³/mol. The minimum atomic E-state index is 0.0825. The monoisotopic (exact) mass is 441 g/mol. The summed E-state index contributed by atoms with van der Waals surface area (Å²) in [6.45, 7) is 11.4. The molecule has 0 fully saturated rings. The van der Waals surface area contributed by atoms with E-state index >= 15 is 0 Å². The fraction of sp³-hybridized carbons (Fsp3) is 0.433. The molecule has 4 unspecified atom stereocenters. The normalized spacial score (nSPS) is 27.1. The summed E-state index contributed by atoms with van der Waals surface area (Å²) in [4.78, 5) is 0. The fourth-order valence-corrected chi connectivity index (χ4v) is 8.31. The Morgan fingerprint density at radius 1 is 1.16 bits per heavy atom. The van der Waals surface area contributed by atoms with Crippen molar-refractivity contribution in [2.24, 2.45) is 17.8 Å². The molecule has 166 valence electrons. The molecule has 1 N–H and O–H groups in total. The summed E-state index contributed by atoms with van der Waals surface area (Å²) < 4.78 is 0. The van der Waals surface area contributed by atoms with Crippen molar-refractivity contribution in [1.82, 2.24) is 0 Å². The average molecular weight is 442 g/mol. The van der Waals surface area contributed by atoms with Gasteiger partial charge in [0.1, 0.15) is 0 Å². The van der Waals surface area contributed by atoms with E-state index in [0.717, 1.165) is 25.0 Å². The maximum atomic E-state index is 7.82. The van der Waals surface area contributed by atoms with Crippen molar-refractivity contribution in [1.29, 1.82) is 5.41 Å². The van der Waals surface area contributed by atoms with Crippen LogP contribution in [-0.2, 0) is 6.16 Å². The van der Waals surface area contributed by atoms with Crippen LogP contribution >= 0.6 is 7.53 Å². The summed E-state index contributed by atoms with van der Waals surface area (Å²) in [5, 5.41) is 11.2. The Labute approximate surface area is 195 Å². The van der Waals surface area contributed by atoms with E-state index in [0.29, 0.717) is 17.8 Å². The SMILES string of the molecule is CC(=N)CC1=CCC(C2=CC(C)CCC3=CC(c4c(C)c5p(c4C)C5)=CC(C)C=C32)C=C1. The summed E-state index contributed by atoms with van der Waals surface area (Å²) in [6.07, 6.45) is 22.8. The van der Waals surface area contributed by atoms with Crippen molar-refractivity contribution in [3.63, 3.8) is 0 Å². The first kappa shape index (κ1) is 21.7. The molecule has 0 aromatic carbocycles. The zero-order valence-corrected chi connectivity index (χ0v) is 21.2. The van der Waals surface area contributed by atoms with E-state index in [2.05, 4.69) is 70.2 Å². The number of hydrogen-bond donors (Lipinski definition) is 1. The largest absolute Gasteiger partial charge is 0.310 e. The van der Waals surface area contributed by atoms with E-state index in [4.69, 9.17) is 5.41 Å². The molecule has 1 aliphatic heterocycles. The van der Waals surface area contributed by atoms with Crippen molar-refractivity contribution in [2.45, 2.75) is 66.5 Å². The zero-order chi connectivity index (χ0) is 22.6. The second-order valence-electron chi connectivity index (χ2n) is 10.4. The molecule has 4 atom stereocenters. The van der Waals surface area contributed by atoms with E-state index < -0.39 is 0 Å². The van der Waals surface area contributed by atoms with Crippen LogP contribution in [0.15, 0.2) is 64.8 Å². The van der Waals surface area contributed by atoms with Gasteiger partial charge < -0.3 is 5.41 Å². The van der Waals surface area contributed by atoms with Crippen LogP contribution in [0.1, 0.15) is 68.2 Å². The molecule has 0 amide bonds. The molecular formula is C30H36NP. The van der Waals surface area contributed by atoms with E-state index in [9.17, 15) is 0 Å². The summed E-state index contributed by atoms with van der Waals surface area (Å²) in [6, 6.07) is 0. The third-order valence-electron chi connectivity index (χ3n) is 7.63. The van der Waals surface area contributed by atoms with Crippen LogP contribution in [0.5, 0.6) is 0 Å². The first-order valence-corrected chi connectivity index (χ1v) is 13.8. The Bertz CT molecular complexity index is 1150. The van der Waals surface area contributed by atoms with Gasteiger partial charge in [0.05, 0.1) is 0 Å². The molecule has 3 aliphatic carbocycles. The Balaban J connectivity index is 1.50. The molecule has 5 rings (SSSR count). The van der Waals surface area contributed by atoms with Crippen LogP contribution in [-0.4, -0.2) is 5.71 Å². The minimum Gasteiger partial charge on any atom is -0.310 e. The van der Waals surface area contributed by atoms with Gasteiger partial charge in [-0.25, -0.2) is 0 Å². The second-order valence-corrected chi connectivity index (χ2v) is 12.8. The van der Waals surface area contributed by atoms with Crippen LogP contribution in [0.4, 0.5) is 0 Å². The molecule has 0 spiro atoms. The lowest BCUT2D eigenvalue weighted by Crippen LogP contribution is -2.09. The van der Waals surface area contributed by atoms with Crippen molar-refractivity contribution >= 4 is 18.8 Å². The molecule has 1 aromatic heterocycles. The van der Waals surface area contributed by atoms with Crippen LogP contribution in [0.25, 0.3) is 5.57 Å². The molecule has 2 heteroatoms. The van der Waals surface area contributed by atoms with Gasteiger partial charge in [0.2, 0.25) is 0 Å². The molecule has 1 nitrogen and oxygen atoms in total. The zero-order valence-electron chi connectivity index (χ0n) is 20.3. The van der Waals surface area contributed by atoms with Gasteiger partial charge in [-0.05, 0) is 101 Å². The van der Waals surface area contributed by atoms with Gasteiger partial charge in [-0.1, -0.05) is 56.4 Å². The summed E-state index contributed by atoms with van der Waals surface area (Å²) in [7, 11) is 0.0825. The summed E-state index contributed by atoms with van der Waals surface area (Å²) >= 11 is 0. The number of hydrogen-bond acceptors (Lipinski definition) is 1. The second kappa shape index (κ2) is 8.35. The quantitative estimate of drug-likeness (QED) is 0.458. The molecular weight excluding hydrogens is 405 g/mol. The van der Waals surface area contributed by atoms with Crippen LogP contribution in [0.3, 0.4) is 0 Å². The van der Waals surface area contributed by atoms with Gasteiger partial charge in [0.15, 0.2) is 0 Å². The van der Waals surface area contributed by atoms with Gasteiger partial charge in [0, 0.05) is 24.2 Å². The van der Waals surface area contributed by atoms with Crippen molar-refractivity contribution in [3.8, 4) is 0 Å². The Kier molecular flexibility index (Phi) is 5.67. The van der Waals surface area contributed by atoms with Crippen LogP contribution in [0, 0.1) is 37.0 Å². The lowest BCUT2D eigenvalue weighted by atomic mass is 9.81. The molecule has 32 heavy (non-hydrogen) atoms. The first-order valence-electron chi connectivity index (χ1n) is 12.3. The van der Waals surface area contributed by atoms with Crippen molar-refractivity contribution in [2.75, 3.05) is 0 Å². The van der Waals surface area contributed by atoms with Gasteiger partial charge in [0.25, 0.3) is 0 Å². The first-order chi connectivity index (χ1) is 15.3. The highest BCUT2D eigenvalue weighted by Crippen LogP contribution is 2.62. The number of allylic oxidation sites excluding steroid dienone is 12. The molecule has 2 heterocycles. The van der Waals surface area contributed by atoms with E-state index in [-0.39, 0.29) is 7.53 Å². The topological polar surface area (TPSA) is 23.9 Å².